The molecule has 2 aromatic rings. The predicted molar refractivity (Wildman–Crippen MR) is 152 cm³/mol. The highest BCUT2D eigenvalue weighted by molar-refractivity contribution is 6.03. The maximum atomic E-state index is 14.0. The van der Waals surface area contributed by atoms with Gasteiger partial charge in [0, 0.05) is 38.5 Å². The Morgan fingerprint density at radius 1 is 1.02 bits per heavy atom. The number of ether oxygens (including phenoxy) is 4. The summed E-state index contributed by atoms with van der Waals surface area (Å²) in [6, 6.07) is 13.2. The molecule has 0 N–H and O–H groups in total. The van der Waals surface area contributed by atoms with Crippen molar-refractivity contribution >= 4 is 17.5 Å². The fraction of sp³-hybridized carbons (Fsp3) is 0.516. The normalized spacial score (nSPS) is 20.8. The number of amides is 2. The van der Waals surface area contributed by atoms with Crippen molar-refractivity contribution in [3.05, 3.63) is 53.6 Å². The lowest BCUT2D eigenvalue weighted by molar-refractivity contribution is -0.144. The SMILES string of the molecule is COc1ccc(C2=NN(C(=O)CN(CCN3CCOCC3)C(=O)C3CCCC3)[C@H](c3ccc4c(c3)OCO4)C2)cc1. The summed E-state index contributed by atoms with van der Waals surface area (Å²) in [5.41, 5.74) is 2.65. The van der Waals surface area contributed by atoms with Gasteiger partial charge in [-0.1, -0.05) is 18.9 Å². The summed E-state index contributed by atoms with van der Waals surface area (Å²) in [5.74, 6) is 2.00. The number of hydrogen-bond donors (Lipinski definition) is 0. The van der Waals surface area contributed by atoms with E-state index in [1.54, 1.807) is 17.0 Å². The highest BCUT2D eigenvalue weighted by atomic mass is 16.7. The van der Waals surface area contributed by atoms with E-state index in [0.717, 1.165) is 67.9 Å². The fourth-order valence-corrected chi connectivity index (χ4v) is 6.10. The lowest BCUT2D eigenvalue weighted by Gasteiger charge is -2.32. The summed E-state index contributed by atoms with van der Waals surface area (Å²) in [6.07, 6.45) is 4.46. The molecule has 2 amide bonds. The van der Waals surface area contributed by atoms with Gasteiger partial charge in [-0.05, 0) is 60.4 Å². The summed E-state index contributed by atoms with van der Waals surface area (Å²) in [6.45, 7) is 4.49. The van der Waals surface area contributed by atoms with Gasteiger partial charge in [0.15, 0.2) is 11.5 Å². The van der Waals surface area contributed by atoms with Crippen LogP contribution in [0.2, 0.25) is 0 Å². The smallest absolute Gasteiger partial charge is 0.262 e. The van der Waals surface area contributed by atoms with Gasteiger partial charge in [-0.2, -0.15) is 5.10 Å². The maximum absolute atomic E-state index is 14.0. The van der Waals surface area contributed by atoms with E-state index in [1.165, 1.54) is 0 Å². The molecule has 218 valence electrons. The molecule has 0 unspecified atom stereocenters. The number of nitrogens with zero attached hydrogens (tertiary/aromatic N) is 4. The average Bonchev–Trinajstić information content (AvgIpc) is 3.80. The van der Waals surface area contributed by atoms with Gasteiger partial charge in [0.1, 0.15) is 12.3 Å². The molecule has 6 rings (SSSR count). The number of carbonyl (C=O) groups is 2. The van der Waals surface area contributed by atoms with Crippen molar-refractivity contribution in [2.24, 2.45) is 11.0 Å². The van der Waals surface area contributed by atoms with E-state index in [4.69, 9.17) is 24.0 Å². The van der Waals surface area contributed by atoms with Crippen LogP contribution in [0.25, 0.3) is 0 Å². The summed E-state index contributed by atoms with van der Waals surface area (Å²) in [7, 11) is 1.63. The highest BCUT2D eigenvalue weighted by Gasteiger charge is 2.36. The Balaban J connectivity index is 1.25. The van der Waals surface area contributed by atoms with Gasteiger partial charge in [-0.3, -0.25) is 14.5 Å². The number of methoxy groups -OCH3 is 1. The molecule has 10 nitrogen and oxygen atoms in total. The third-order valence-electron chi connectivity index (χ3n) is 8.50. The molecule has 2 aromatic carbocycles. The van der Waals surface area contributed by atoms with Crippen LogP contribution < -0.4 is 14.2 Å². The predicted octanol–water partition coefficient (Wildman–Crippen LogP) is 3.45. The minimum atomic E-state index is -0.322. The van der Waals surface area contributed by atoms with E-state index in [9.17, 15) is 9.59 Å². The van der Waals surface area contributed by atoms with Gasteiger partial charge in [0.25, 0.3) is 5.91 Å². The fourth-order valence-electron chi connectivity index (χ4n) is 6.10. The Hall–Kier alpha value is -3.63. The van der Waals surface area contributed by atoms with Crippen molar-refractivity contribution in [1.29, 1.82) is 0 Å². The van der Waals surface area contributed by atoms with E-state index in [-0.39, 0.29) is 37.1 Å². The molecule has 3 aliphatic heterocycles. The second-order valence-corrected chi connectivity index (χ2v) is 11.0. The van der Waals surface area contributed by atoms with E-state index in [2.05, 4.69) is 4.90 Å². The molecular formula is C31H38N4O6. The molecule has 4 aliphatic rings. The number of hydrazone groups is 1. The Kier molecular flexibility index (Phi) is 8.38. The minimum Gasteiger partial charge on any atom is -0.497 e. The zero-order chi connectivity index (χ0) is 28.2. The van der Waals surface area contributed by atoms with Gasteiger partial charge < -0.3 is 23.8 Å². The van der Waals surface area contributed by atoms with Crippen molar-refractivity contribution < 1.29 is 28.5 Å². The third kappa shape index (κ3) is 6.18. The maximum Gasteiger partial charge on any atom is 0.262 e. The quantitative estimate of drug-likeness (QED) is 0.462. The van der Waals surface area contributed by atoms with Gasteiger partial charge in [-0.15, -0.1) is 0 Å². The molecule has 0 radical (unpaired) electrons. The zero-order valence-corrected chi connectivity index (χ0v) is 23.6. The Bertz CT molecular complexity index is 1270. The first-order valence-electron chi connectivity index (χ1n) is 14.6. The molecular weight excluding hydrogens is 524 g/mol. The molecule has 0 spiro atoms. The second-order valence-electron chi connectivity index (χ2n) is 11.0. The van der Waals surface area contributed by atoms with Crippen LogP contribution in [0.5, 0.6) is 17.2 Å². The van der Waals surface area contributed by atoms with Gasteiger partial charge in [0.05, 0.1) is 32.1 Å². The largest absolute Gasteiger partial charge is 0.497 e. The minimum absolute atomic E-state index is 0.000117. The van der Waals surface area contributed by atoms with Crippen LogP contribution >= 0.6 is 0 Å². The Labute approximate surface area is 240 Å². The van der Waals surface area contributed by atoms with E-state index < -0.39 is 0 Å². The summed E-state index contributed by atoms with van der Waals surface area (Å²) in [4.78, 5) is 31.7. The van der Waals surface area contributed by atoms with Gasteiger partial charge in [0.2, 0.25) is 12.7 Å². The van der Waals surface area contributed by atoms with Crippen molar-refractivity contribution in [2.45, 2.75) is 38.1 Å². The van der Waals surface area contributed by atoms with Crippen molar-refractivity contribution in [3.8, 4) is 17.2 Å². The van der Waals surface area contributed by atoms with Crippen LogP contribution in [0, 0.1) is 5.92 Å². The molecule has 0 bridgehead atoms. The molecule has 41 heavy (non-hydrogen) atoms. The molecule has 1 saturated heterocycles. The first-order chi connectivity index (χ1) is 20.1. The molecule has 0 aromatic heterocycles. The first-order valence-corrected chi connectivity index (χ1v) is 14.6. The molecule has 1 saturated carbocycles. The summed E-state index contributed by atoms with van der Waals surface area (Å²) in [5, 5.41) is 6.42. The van der Waals surface area contributed by atoms with E-state index in [1.807, 2.05) is 42.5 Å². The van der Waals surface area contributed by atoms with Crippen molar-refractivity contribution in [3.63, 3.8) is 0 Å². The van der Waals surface area contributed by atoms with Crippen LogP contribution in [0.1, 0.15) is 49.3 Å². The van der Waals surface area contributed by atoms with Crippen molar-refractivity contribution in [1.82, 2.24) is 14.8 Å². The molecule has 10 heteroatoms. The first kappa shape index (κ1) is 27.5. The van der Waals surface area contributed by atoms with Crippen LogP contribution in [-0.4, -0.2) is 92.2 Å². The lowest BCUT2D eigenvalue weighted by Crippen LogP contribution is -2.47. The highest BCUT2D eigenvalue weighted by Crippen LogP contribution is 2.39. The Morgan fingerprint density at radius 3 is 2.54 bits per heavy atom. The monoisotopic (exact) mass is 562 g/mol. The molecule has 1 atom stereocenters. The third-order valence-corrected chi connectivity index (χ3v) is 8.50. The number of fused-ring (bicyclic) bond motifs is 1. The van der Waals surface area contributed by atoms with Crippen LogP contribution in [-0.2, 0) is 14.3 Å². The average molecular weight is 563 g/mol. The zero-order valence-electron chi connectivity index (χ0n) is 23.6. The Morgan fingerprint density at radius 2 is 1.78 bits per heavy atom. The topological polar surface area (TPSA) is 93.1 Å². The standard InChI is InChI=1S/C31H38N4O6/c1-38-25-9-6-22(7-10-25)26-19-27(24-8-11-28-29(18-24)41-21-40-28)35(32-26)30(36)20-34(31(37)23-4-2-3-5-23)13-12-33-14-16-39-17-15-33/h6-11,18,23,27H,2-5,12-17,19-21H2,1H3/t27-/m0/s1. The van der Waals surface area contributed by atoms with E-state index >= 15 is 0 Å². The molecule has 1 aliphatic carbocycles. The molecule has 3 heterocycles. The number of carbonyl (C=O) groups excluding carboxylic acids is 2. The van der Waals surface area contributed by atoms with Crippen LogP contribution in [0.15, 0.2) is 47.6 Å². The lowest BCUT2D eigenvalue weighted by atomic mass is 9.98. The summed E-state index contributed by atoms with van der Waals surface area (Å²) >= 11 is 0. The summed E-state index contributed by atoms with van der Waals surface area (Å²) < 4.78 is 21.9. The van der Waals surface area contributed by atoms with Crippen LogP contribution in [0.3, 0.4) is 0 Å². The van der Waals surface area contributed by atoms with E-state index in [0.29, 0.717) is 37.7 Å². The van der Waals surface area contributed by atoms with Gasteiger partial charge in [-0.25, -0.2) is 5.01 Å². The number of morpholine rings is 1. The van der Waals surface area contributed by atoms with Gasteiger partial charge >= 0.3 is 0 Å². The van der Waals surface area contributed by atoms with Crippen molar-refractivity contribution in [2.75, 3.05) is 59.8 Å². The second kappa shape index (κ2) is 12.5. The van der Waals surface area contributed by atoms with Crippen LogP contribution in [0.4, 0.5) is 0 Å². The molecule has 2 fully saturated rings. The number of hydrogen-bond acceptors (Lipinski definition) is 8. The number of rotatable bonds is 9. The number of benzene rings is 2.